The van der Waals surface area contributed by atoms with Gasteiger partial charge in [0.15, 0.2) is 0 Å². The zero-order valence-electron chi connectivity index (χ0n) is 22.3. The highest BCUT2D eigenvalue weighted by atomic mass is 16.5. The highest BCUT2D eigenvalue weighted by molar-refractivity contribution is 6.02. The van der Waals surface area contributed by atoms with Crippen molar-refractivity contribution in [2.24, 2.45) is 13.0 Å². The van der Waals surface area contributed by atoms with Crippen LogP contribution in [-0.2, 0) is 11.8 Å². The van der Waals surface area contributed by atoms with E-state index in [9.17, 15) is 4.79 Å². The number of allylic oxidation sites excluding steroid dienone is 1. The fourth-order valence-electron chi connectivity index (χ4n) is 4.80. The predicted molar refractivity (Wildman–Crippen MR) is 152 cm³/mol. The number of amides is 1. The van der Waals surface area contributed by atoms with E-state index in [0.29, 0.717) is 17.3 Å². The number of carbonyl (C=O) groups excluding carboxylic acids is 1. The van der Waals surface area contributed by atoms with Gasteiger partial charge in [0, 0.05) is 31.4 Å². The summed E-state index contributed by atoms with van der Waals surface area (Å²) in [6.07, 6.45) is 7.77. The van der Waals surface area contributed by atoms with Crippen molar-refractivity contribution < 1.29 is 9.53 Å². The summed E-state index contributed by atoms with van der Waals surface area (Å²) in [4.78, 5) is 22.1. The topological polar surface area (TPSA) is 110 Å². The number of benzene rings is 2. The first-order chi connectivity index (χ1) is 19.0. The van der Waals surface area contributed by atoms with Crippen molar-refractivity contribution in [3.05, 3.63) is 78.3 Å². The Morgan fingerprint density at radius 1 is 1.05 bits per heavy atom. The summed E-state index contributed by atoms with van der Waals surface area (Å²) in [5.74, 6) is 2.53. The minimum atomic E-state index is -0.0584. The first-order valence-corrected chi connectivity index (χ1v) is 13.3. The molecule has 39 heavy (non-hydrogen) atoms. The molecule has 0 atom stereocenters. The summed E-state index contributed by atoms with van der Waals surface area (Å²) in [5.41, 5.74) is 10.5. The summed E-state index contributed by atoms with van der Waals surface area (Å²) in [6.45, 7) is 3.70. The standard InChI is InChI=1S/C20H18N4O.C11H14N2O/c1-13-17(18-19(21)22-12-23-20(18)24(13)2)14-8-10-16(11-9-14)25-15-6-4-3-5-7-15;12-8-10(7-9-3-4-9)11(14)13-5-1-2-6-13/h3-12H,1-2H3,(H2,21,22,23);7,9H,1-6H2/b;10-7-. The molecule has 2 aromatic carbocycles. The first-order valence-electron chi connectivity index (χ1n) is 13.3. The molecule has 198 valence electrons. The third-order valence-electron chi connectivity index (χ3n) is 7.18. The van der Waals surface area contributed by atoms with Gasteiger partial charge in [0.1, 0.15) is 40.9 Å². The Hall–Kier alpha value is -4.64. The molecule has 1 amide bonds. The smallest absolute Gasteiger partial charge is 0.264 e. The van der Waals surface area contributed by atoms with Crippen molar-refractivity contribution in [3.8, 4) is 28.7 Å². The Morgan fingerprint density at radius 3 is 2.36 bits per heavy atom. The summed E-state index contributed by atoms with van der Waals surface area (Å²) in [6, 6.07) is 19.7. The van der Waals surface area contributed by atoms with E-state index in [1.807, 2.05) is 78.4 Å². The van der Waals surface area contributed by atoms with Gasteiger partial charge in [-0.15, -0.1) is 0 Å². The van der Waals surface area contributed by atoms with Crippen LogP contribution in [0.1, 0.15) is 31.4 Å². The number of aryl methyl sites for hydroxylation is 1. The maximum absolute atomic E-state index is 11.8. The number of ether oxygens (including phenoxy) is 1. The zero-order chi connectivity index (χ0) is 27.4. The molecule has 2 aromatic heterocycles. The molecule has 0 spiro atoms. The minimum Gasteiger partial charge on any atom is -0.457 e. The van der Waals surface area contributed by atoms with Crippen LogP contribution in [0.5, 0.6) is 11.5 Å². The van der Waals surface area contributed by atoms with Crippen LogP contribution in [-0.4, -0.2) is 38.4 Å². The number of hydrogen-bond acceptors (Lipinski definition) is 6. The molecular formula is C31H32N6O2. The van der Waals surface area contributed by atoms with Crippen molar-refractivity contribution in [1.29, 1.82) is 5.26 Å². The van der Waals surface area contributed by atoms with Crippen LogP contribution in [0.3, 0.4) is 0 Å². The Balaban J connectivity index is 0.000000186. The van der Waals surface area contributed by atoms with Gasteiger partial charge in [0.2, 0.25) is 0 Å². The molecule has 0 radical (unpaired) electrons. The quantitative estimate of drug-likeness (QED) is 0.264. The maximum atomic E-state index is 11.8. The fourth-order valence-corrected chi connectivity index (χ4v) is 4.80. The minimum absolute atomic E-state index is 0.0584. The number of nitrogen functional groups attached to an aromatic ring is 1. The molecule has 3 heterocycles. The lowest BCUT2D eigenvalue weighted by Crippen LogP contribution is -2.28. The summed E-state index contributed by atoms with van der Waals surface area (Å²) in [7, 11) is 1.99. The van der Waals surface area contributed by atoms with Gasteiger partial charge in [-0.1, -0.05) is 36.4 Å². The van der Waals surface area contributed by atoms with E-state index in [1.165, 1.54) is 6.33 Å². The number of hydrogen-bond donors (Lipinski definition) is 1. The van der Waals surface area contributed by atoms with Crippen molar-refractivity contribution in [2.45, 2.75) is 32.6 Å². The molecular weight excluding hydrogens is 488 g/mol. The van der Waals surface area contributed by atoms with Crippen LogP contribution in [0.25, 0.3) is 22.2 Å². The van der Waals surface area contributed by atoms with Crippen molar-refractivity contribution in [3.63, 3.8) is 0 Å². The van der Waals surface area contributed by atoms with Crippen LogP contribution in [0.4, 0.5) is 5.82 Å². The number of likely N-dealkylation sites (tertiary alicyclic amines) is 1. The lowest BCUT2D eigenvalue weighted by molar-refractivity contribution is -0.125. The number of fused-ring (bicyclic) bond motifs is 1. The summed E-state index contributed by atoms with van der Waals surface area (Å²) in [5, 5.41) is 9.76. The average Bonchev–Trinajstić information content (AvgIpc) is 3.53. The number of rotatable bonds is 5. The van der Waals surface area contributed by atoms with Gasteiger partial charge in [-0.2, -0.15) is 5.26 Å². The Morgan fingerprint density at radius 2 is 1.72 bits per heavy atom. The van der Waals surface area contributed by atoms with Gasteiger partial charge in [0.05, 0.1) is 5.39 Å². The molecule has 0 unspecified atom stereocenters. The van der Waals surface area contributed by atoms with E-state index in [-0.39, 0.29) is 5.91 Å². The lowest BCUT2D eigenvalue weighted by Gasteiger charge is -2.13. The number of para-hydroxylation sites is 1. The van der Waals surface area contributed by atoms with Gasteiger partial charge in [-0.25, -0.2) is 9.97 Å². The number of anilines is 1. The Labute approximate surface area is 228 Å². The normalized spacial score (nSPS) is 15.0. The van der Waals surface area contributed by atoms with Gasteiger partial charge >= 0.3 is 0 Å². The van der Waals surface area contributed by atoms with Gasteiger partial charge in [0.25, 0.3) is 5.91 Å². The molecule has 6 rings (SSSR count). The van der Waals surface area contributed by atoms with Crippen LogP contribution in [0, 0.1) is 24.2 Å². The SMILES string of the molecule is Cc1c(-c2ccc(Oc3ccccc3)cc2)c2c(N)ncnc2n1C.N#C/C(=C/C1CC1)C(=O)N1CCCC1. The van der Waals surface area contributed by atoms with E-state index in [1.54, 1.807) is 4.90 Å². The van der Waals surface area contributed by atoms with Crippen molar-refractivity contribution in [1.82, 2.24) is 19.4 Å². The lowest BCUT2D eigenvalue weighted by atomic mass is 10.0. The van der Waals surface area contributed by atoms with Crippen molar-refractivity contribution >= 4 is 22.8 Å². The van der Waals surface area contributed by atoms with Crippen molar-refractivity contribution in [2.75, 3.05) is 18.8 Å². The molecule has 4 aromatic rings. The molecule has 2 aliphatic rings. The van der Waals surface area contributed by atoms with Crippen LogP contribution < -0.4 is 10.5 Å². The fraction of sp³-hybridized carbons (Fsp3) is 0.290. The second kappa shape index (κ2) is 11.4. The molecule has 2 N–H and O–H groups in total. The first kappa shape index (κ1) is 26.0. The maximum Gasteiger partial charge on any atom is 0.264 e. The second-order valence-electron chi connectivity index (χ2n) is 9.95. The summed E-state index contributed by atoms with van der Waals surface area (Å²) < 4.78 is 7.90. The molecule has 2 fully saturated rings. The van der Waals surface area contributed by atoms with Crippen LogP contribution >= 0.6 is 0 Å². The monoisotopic (exact) mass is 520 g/mol. The molecule has 8 heteroatoms. The number of nitrogens with zero attached hydrogens (tertiary/aromatic N) is 5. The van der Waals surface area contributed by atoms with Gasteiger partial charge < -0.3 is 19.9 Å². The van der Waals surface area contributed by atoms with Gasteiger partial charge in [-0.05, 0) is 68.4 Å². The Kier molecular flexibility index (Phi) is 7.60. The van der Waals surface area contributed by atoms with Crippen LogP contribution in [0.15, 0.2) is 72.6 Å². The highest BCUT2D eigenvalue weighted by Crippen LogP contribution is 2.36. The van der Waals surface area contributed by atoms with Gasteiger partial charge in [-0.3, -0.25) is 4.79 Å². The van der Waals surface area contributed by atoms with E-state index in [2.05, 4.69) is 16.9 Å². The predicted octanol–water partition coefficient (Wildman–Crippen LogP) is 5.79. The third-order valence-corrected chi connectivity index (χ3v) is 7.18. The van der Waals surface area contributed by atoms with E-state index < -0.39 is 0 Å². The molecule has 1 aliphatic heterocycles. The van der Waals surface area contributed by atoms with E-state index in [4.69, 9.17) is 15.7 Å². The third kappa shape index (κ3) is 5.78. The number of carbonyl (C=O) groups is 1. The number of nitriles is 1. The van der Waals surface area contributed by atoms with E-state index in [0.717, 1.165) is 78.1 Å². The molecule has 1 saturated heterocycles. The summed E-state index contributed by atoms with van der Waals surface area (Å²) >= 11 is 0. The van der Waals surface area contributed by atoms with E-state index >= 15 is 0 Å². The van der Waals surface area contributed by atoms with Crippen LogP contribution in [0.2, 0.25) is 0 Å². The Bertz CT molecular complexity index is 1540. The molecule has 0 bridgehead atoms. The highest BCUT2D eigenvalue weighted by Gasteiger charge is 2.25. The molecule has 1 aliphatic carbocycles. The number of aromatic nitrogens is 3. The average molecular weight is 521 g/mol. The molecule has 8 nitrogen and oxygen atoms in total. The number of nitrogens with two attached hydrogens (primary N) is 1. The molecule has 1 saturated carbocycles. The largest absolute Gasteiger partial charge is 0.457 e. The second-order valence-corrected chi connectivity index (χ2v) is 9.95. The zero-order valence-corrected chi connectivity index (χ0v) is 22.3.